The summed E-state index contributed by atoms with van der Waals surface area (Å²) in [5.74, 6) is 0.541. The molecule has 1 atom stereocenters. The quantitative estimate of drug-likeness (QED) is 0.469. The second kappa shape index (κ2) is 10.8. The summed E-state index contributed by atoms with van der Waals surface area (Å²) < 4.78 is 18.2. The Hall–Kier alpha value is -3.85. The number of carbonyl (C=O) groups is 1. The molecule has 8 nitrogen and oxygen atoms in total. The number of methoxy groups -OCH3 is 1. The molecule has 2 aromatic carbocycles. The smallest absolute Gasteiger partial charge is 0.338 e. The molecular weight excluding hydrogens is 480 g/mol. The van der Waals surface area contributed by atoms with Gasteiger partial charge in [-0.2, -0.15) is 0 Å². The summed E-state index contributed by atoms with van der Waals surface area (Å²) in [5, 5.41) is 10.0. The first-order valence-corrected chi connectivity index (χ1v) is 12.5. The van der Waals surface area contributed by atoms with Crippen molar-refractivity contribution < 1.29 is 24.1 Å². The Morgan fingerprint density at radius 2 is 1.92 bits per heavy atom. The fourth-order valence-electron chi connectivity index (χ4n) is 4.02. The van der Waals surface area contributed by atoms with E-state index in [2.05, 4.69) is 4.99 Å². The highest BCUT2D eigenvalue weighted by atomic mass is 32.1. The third-order valence-electron chi connectivity index (χ3n) is 5.68. The highest BCUT2D eigenvalue weighted by molar-refractivity contribution is 7.07. The Kier molecular flexibility index (Phi) is 7.59. The molecule has 1 N–H and O–H groups in total. The zero-order valence-electron chi connectivity index (χ0n) is 20.6. The van der Waals surface area contributed by atoms with Crippen LogP contribution in [0.2, 0.25) is 0 Å². The maximum absolute atomic E-state index is 13.7. The van der Waals surface area contributed by atoms with Crippen molar-refractivity contribution in [1.82, 2.24) is 4.57 Å². The molecule has 0 saturated heterocycles. The number of phenols is 1. The predicted octanol–water partition coefficient (Wildman–Crippen LogP) is 3.30. The van der Waals surface area contributed by atoms with Crippen LogP contribution in [-0.2, 0) is 9.53 Å². The van der Waals surface area contributed by atoms with Gasteiger partial charge in [0.15, 0.2) is 16.3 Å². The van der Waals surface area contributed by atoms with E-state index in [1.165, 1.54) is 29.1 Å². The van der Waals surface area contributed by atoms with Crippen LogP contribution in [0.15, 0.2) is 63.5 Å². The Morgan fingerprint density at radius 3 is 2.58 bits per heavy atom. The van der Waals surface area contributed by atoms with Crippen LogP contribution in [0.3, 0.4) is 0 Å². The number of ether oxygens (including phenoxy) is 3. The number of aromatic hydroxyl groups is 1. The molecule has 1 aliphatic rings. The van der Waals surface area contributed by atoms with Crippen molar-refractivity contribution in [3.63, 3.8) is 0 Å². The van der Waals surface area contributed by atoms with Crippen LogP contribution >= 0.6 is 11.3 Å². The van der Waals surface area contributed by atoms with E-state index < -0.39 is 12.0 Å². The molecule has 0 saturated carbocycles. The molecule has 1 aromatic heterocycles. The van der Waals surface area contributed by atoms with Crippen LogP contribution in [0, 0.1) is 0 Å². The number of thiazole rings is 1. The van der Waals surface area contributed by atoms with Crippen LogP contribution in [0.1, 0.15) is 44.4 Å². The molecule has 9 heteroatoms. The van der Waals surface area contributed by atoms with E-state index in [0.29, 0.717) is 50.9 Å². The van der Waals surface area contributed by atoms with Gasteiger partial charge in [0.1, 0.15) is 5.75 Å². The standard InChI is InChI=1S/C27H28N2O6S/c1-5-13-35-19-10-8-18(9-11-19)24-23(26(32)33-4)16(3)28-27-29(24)25(31)22(36-27)15-17-7-12-20(30)21(14-17)34-6-2/h7-12,14-15,24,30H,5-6,13H2,1-4H3/b22-15-. The first-order valence-electron chi connectivity index (χ1n) is 11.7. The minimum Gasteiger partial charge on any atom is -0.504 e. The minimum absolute atomic E-state index is 0.0279. The topological polar surface area (TPSA) is 99.4 Å². The molecule has 0 fully saturated rings. The number of aromatic nitrogens is 1. The van der Waals surface area contributed by atoms with Gasteiger partial charge >= 0.3 is 5.97 Å². The van der Waals surface area contributed by atoms with Crippen molar-refractivity contribution in [3.05, 3.63) is 84.5 Å². The fourth-order valence-corrected chi connectivity index (χ4v) is 5.06. The summed E-state index contributed by atoms with van der Waals surface area (Å²) in [6, 6.07) is 11.6. The highest BCUT2D eigenvalue weighted by Crippen LogP contribution is 2.32. The Labute approximate surface area is 212 Å². The number of allylic oxidation sites excluding steroid dienone is 1. The van der Waals surface area contributed by atoms with Crippen molar-refractivity contribution in [2.75, 3.05) is 20.3 Å². The summed E-state index contributed by atoms with van der Waals surface area (Å²) in [7, 11) is 1.31. The van der Waals surface area contributed by atoms with Gasteiger partial charge in [-0.1, -0.05) is 36.5 Å². The van der Waals surface area contributed by atoms with Gasteiger partial charge in [0.2, 0.25) is 0 Å². The third-order valence-corrected chi connectivity index (χ3v) is 6.66. The summed E-state index contributed by atoms with van der Waals surface area (Å²) in [6.45, 7) is 6.60. The largest absolute Gasteiger partial charge is 0.504 e. The molecule has 2 heterocycles. The average molecular weight is 509 g/mol. The van der Waals surface area contributed by atoms with Gasteiger partial charge in [0.05, 0.1) is 42.2 Å². The van der Waals surface area contributed by atoms with Gasteiger partial charge in [-0.05, 0) is 61.7 Å². The van der Waals surface area contributed by atoms with E-state index >= 15 is 0 Å². The van der Waals surface area contributed by atoms with Crippen molar-refractivity contribution >= 4 is 23.4 Å². The van der Waals surface area contributed by atoms with Gasteiger partial charge in [-0.3, -0.25) is 9.36 Å². The Balaban J connectivity index is 1.86. The molecular formula is C27H28N2O6S. The zero-order valence-corrected chi connectivity index (χ0v) is 21.4. The van der Waals surface area contributed by atoms with E-state index in [0.717, 1.165) is 12.0 Å². The summed E-state index contributed by atoms with van der Waals surface area (Å²) in [4.78, 5) is 31.5. The maximum Gasteiger partial charge on any atom is 0.338 e. The van der Waals surface area contributed by atoms with Gasteiger partial charge in [0.25, 0.3) is 5.56 Å². The van der Waals surface area contributed by atoms with Crippen LogP contribution in [0.25, 0.3) is 6.08 Å². The molecule has 0 bridgehead atoms. The first kappa shape index (κ1) is 25.2. The van der Waals surface area contributed by atoms with Gasteiger partial charge in [-0.15, -0.1) is 0 Å². The van der Waals surface area contributed by atoms with Crippen molar-refractivity contribution in [2.45, 2.75) is 33.2 Å². The molecule has 1 aliphatic heterocycles. The van der Waals surface area contributed by atoms with Crippen LogP contribution in [0.5, 0.6) is 17.2 Å². The minimum atomic E-state index is -0.699. The van der Waals surface area contributed by atoms with Crippen molar-refractivity contribution in [1.29, 1.82) is 0 Å². The van der Waals surface area contributed by atoms with Crippen molar-refractivity contribution in [2.24, 2.45) is 4.99 Å². The zero-order chi connectivity index (χ0) is 25.8. The average Bonchev–Trinajstić information content (AvgIpc) is 3.18. The lowest BCUT2D eigenvalue weighted by Gasteiger charge is -2.24. The van der Waals surface area contributed by atoms with E-state index in [1.54, 1.807) is 25.1 Å². The molecule has 0 spiro atoms. The summed E-state index contributed by atoms with van der Waals surface area (Å²) >= 11 is 1.23. The molecule has 0 aliphatic carbocycles. The molecule has 3 aromatic rings. The Morgan fingerprint density at radius 1 is 1.17 bits per heavy atom. The second-order valence-electron chi connectivity index (χ2n) is 8.15. The fraction of sp³-hybridized carbons (Fsp3) is 0.296. The van der Waals surface area contributed by atoms with Gasteiger partial charge in [0, 0.05) is 0 Å². The first-order chi connectivity index (χ1) is 17.4. The maximum atomic E-state index is 13.7. The normalized spacial score (nSPS) is 15.3. The summed E-state index contributed by atoms with van der Waals surface area (Å²) in [5.41, 5.74) is 1.95. The number of esters is 1. The van der Waals surface area contributed by atoms with E-state index in [1.807, 2.05) is 38.1 Å². The van der Waals surface area contributed by atoms with E-state index in [9.17, 15) is 14.7 Å². The lowest BCUT2D eigenvalue weighted by molar-refractivity contribution is -0.136. The lowest BCUT2D eigenvalue weighted by atomic mass is 9.96. The highest BCUT2D eigenvalue weighted by Gasteiger charge is 2.33. The molecule has 1 unspecified atom stereocenters. The number of hydrogen-bond acceptors (Lipinski definition) is 8. The number of benzene rings is 2. The number of fused-ring (bicyclic) bond motifs is 1. The number of nitrogens with zero attached hydrogens (tertiary/aromatic N) is 2. The number of hydrogen-bond donors (Lipinski definition) is 1. The third kappa shape index (κ3) is 4.92. The molecule has 188 valence electrons. The molecule has 0 amide bonds. The number of rotatable bonds is 8. The van der Waals surface area contributed by atoms with E-state index in [-0.39, 0.29) is 11.3 Å². The van der Waals surface area contributed by atoms with Gasteiger partial charge < -0.3 is 19.3 Å². The lowest BCUT2D eigenvalue weighted by Crippen LogP contribution is -2.39. The van der Waals surface area contributed by atoms with Gasteiger partial charge in [-0.25, -0.2) is 9.79 Å². The number of phenolic OH excluding ortho intramolecular Hbond substituents is 1. The van der Waals surface area contributed by atoms with Crippen LogP contribution in [0.4, 0.5) is 0 Å². The molecule has 36 heavy (non-hydrogen) atoms. The SMILES string of the molecule is CCCOc1ccc(C2C(C(=O)OC)=C(C)N=c3s/c(=C\c4ccc(O)c(OCC)c4)c(=O)n32)cc1. The van der Waals surface area contributed by atoms with E-state index in [4.69, 9.17) is 14.2 Å². The molecule has 4 rings (SSSR count). The predicted molar refractivity (Wildman–Crippen MR) is 137 cm³/mol. The monoisotopic (exact) mass is 508 g/mol. The van der Waals surface area contributed by atoms with Crippen LogP contribution in [-0.4, -0.2) is 36.0 Å². The van der Waals surface area contributed by atoms with Crippen LogP contribution < -0.4 is 24.4 Å². The summed E-state index contributed by atoms with van der Waals surface area (Å²) in [6.07, 6.45) is 2.61. The number of carbonyl (C=O) groups excluding carboxylic acids is 1. The van der Waals surface area contributed by atoms with Crippen molar-refractivity contribution in [3.8, 4) is 17.2 Å². The second-order valence-corrected chi connectivity index (χ2v) is 9.16. The molecule has 0 radical (unpaired) electrons. The Bertz CT molecular complexity index is 1480.